The standard InChI is InChI=1S/C34H45NO5/c1-3-9-26-10-15-28(16-11-26)29-17-20-32(30(24-29)25-35)40-34(37)21-14-27-12-18-31(19-13-27)38-22-7-5-6-8-23-39-33(36)4-2/h4,12-13,17-20,24-26,28,35H,2-3,5-11,14-16,21-23H2,1H3. The highest BCUT2D eigenvalue weighted by Gasteiger charge is 2.22. The summed E-state index contributed by atoms with van der Waals surface area (Å²) < 4.78 is 16.4. The van der Waals surface area contributed by atoms with Crippen molar-refractivity contribution in [3.05, 3.63) is 71.8 Å². The third-order valence-corrected chi connectivity index (χ3v) is 7.69. The van der Waals surface area contributed by atoms with Gasteiger partial charge in [-0.2, -0.15) is 0 Å². The van der Waals surface area contributed by atoms with Gasteiger partial charge in [-0.1, -0.05) is 44.5 Å². The Hall–Kier alpha value is -3.41. The first kappa shape index (κ1) is 31.1. The summed E-state index contributed by atoms with van der Waals surface area (Å²) in [6, 6.07) is 13.8. The number of hydrogen-bond donors (Lipinski definition) is 1. The van der Waals surface area contributed by atoms with E-state index in [0.717, 1.165) is 42.9 Å². The zero-order valence-corrected chi connectivity index (χ0v) is 24.0. The van der Waals surface area contributed by atoms with Gasteiger partial charge in [0.05, 0.1) is 13.2 Å². The van der Waals surface area contributed by atoms with Crippen LogP contribution in [0, 0.1) is 11.3 Å². The Labute approximate surface area is 239 Å². The highest BCUT2D eigenvalue weighted by atomic mass is 16.5. The van der Waals surface area contributed by atoms with E-state index in [-0.39, 0.29) is 18.4 Å². The molecule has 2 aromatic carbocycles. The topological polar surface area (TPSA) is 85.7 Å². The molecule has 2 aromatic rings. The minimum absolute atomic E-state index is 0.267. The molecule has 0 radical (unpaired) electrons. The van der Waals surface area contributed by atoms with Gasteiger partial charge in [-0.15, -0.1) is 0 Å². The van der Waals surface area contributed by atoms with Crippen LogP contribution < -0.4 is 9.47 Å². The molecule has 1 aliphatic carbocycles. The normalized spacial score (nSPS) is 16.6. The maximum atomic E-state index is 12.6. The minimum Gasteiger partial charge on any atom is -0.494 e. The predicted octanol–water partition coefficient (Wildman–Crippen LogP) is 7.96. The van der Waals surface area contributed by atoms with Crippen molar-refractivity contribution in [3.63, 3.8) is 0 Å². The Kier molecular flexibility index (Phi) is 13.5. The quantitative estimate of drug-likeness (QED) is 0.0714. The Morgan fingerprint density at radius 2 is 1.70 bits per heavy atom. The number of carbonyl (C=O) groups is 2. The molecule has 216 valence electrons. The number of aryl methyl sites for hydroxylation is 1. The third-order valence-electron chi connectivity index (χ3n) is 7.69. The molecule has 1 saturated carbocycles. The first-order chi connectivity index (χ1) is 19.5. The zero-order valence-electron chi connectivity index (χ0n) is 24.0. The molecule has 0 spiro atoms. The Balaban J connectivity index is 1.36. The summed E-state index contributed by atoms with van der Waals surface area (Å²) in [6.07, 6.45) is 14.6. The molecule has 0 saturated heterocycles. The SMILES string of the molecule is C=CC(=O)OCCCCCCOc1ccc(CCC(=O)Oc2ccc(C3CCC(CCC)CC3)cc2C=N)cc1. The minimum atomic E-state index is -0.375. The lowest BCUT2D eigenvalue weighted by Gasteiger charge is -2.29. The summed E-state index contributed by atoms with van der Waals surface area (Å²) in [5.41, 5.74) is 2.96. The number of benzene rings is 2. The Bertz CT molecular complexity index is 1090. The molecule has 0 unspecified atom stereocenters. The van der Waals surface area contributed by atoms with Crippen LogP contribution in [0.5, 0.6) is 11.5 Å². The van der Waals surface area contributed by atoms with Gasteiger partial charge in [-0.3, -0.25) is 4.79 Å². The molecule has 3 rings (SSSR count). The Morgan fingerprint density at radius 3 is 2.38 bits per heavy atom. The smallest absolute Gasteiger partial charge is 0.330 e. The number of esters is 2. The second-order valence-corrected chi connectivity index (χ2v) is 10.7. The molecule has 0 heterocycles. The number of rotatable bonds is 17. The highest BCUT2D eigenvalue weighted by Crippen LogP contribution is 2.38. The van der Waals surface area contributed by atoms with Crippen molar-refractivity contribution in [2.75, 3.05) is 13.2 Å². The van der Waals surface area contributed by atoms with Gasteiger partial charge in [0, 0.05) is 24.3 Å². The average molecular weight is 548 g/mol. The monoisotopic (exact) mass is 547 g/mol. The van der Waals surface area contributed by atoms with Crippen LogP contribution in [0.2, 0.25) is 0 Å². The average Bonchev–Trinajstić information content (AvgIpc) is 2.98. The van der Waals surface area contributed by atoms with Gasteiger partial charge in [0.2, 0.25) is 0 Å². The van der Waals surface area contributed by atoms with Crippen molar-refractivity contribution in [2.24, 2.45) is 5.92 Å². The van der Waals surface area contributed by atoms with Crippen LogP contribution in [-0.2, 0) is 20.7 Å². The second-order valence-electron chi connectivity index (χ2n) is 10.7. The molecular formula is C34H45NO5. The molecule has 0 amide bonds. The highest BCUT2D eigenvalue weighted by molar-refractivity contribution is 5.84. The molecule has 40 heavy (non-hydrogen) atoms. The van der Waals surface area contributed by atoms with E-state index in [4.69, 9.17) is 19.6 Å². The van der Waals surface area contributed by atoms with Crippen LogP contribution in [0.3, 0.4) is 0 Å². The number of nitrogens with one attached hydrogen (secondary N) is 1. The number of carbonyl (C=O) groups excluding carboxylic acids is 2. The maximum Gasteiger partial charge on any atom is 0.330 e. The van der Waals surface area contributed by atoms with E-state index in [9.17, 15) is 9.59 Å². The van der Waals surface area contributed by atoms with E-state index in [1.807, 2.05) is 36.4 Å². The van der Waals surface area contributed by atoms with Crippen LogP contribution in [-0.4, -0.2) is 31.4 Å². The van der Waals surface area contributed by atoms with Gasteiger partial charge in [-0.25, -0.2) is 4.79 Å². The lowest BCUT2D eigenvalue weighted by atomic mass is 9.77. The molecule has 1 N–H and O–H groups in total. The van der Waals surface area contributed by atoms with E-state index in [1.54, 1.807) is 0 Å². The predicted molar refractivity (Wildman–Crippen MR) is 159 cm³/mol. The summed E-state index contributed by atoms with van der Waals surface area (Å²) in [6.45, 7) is 6.69. The molecule has 0 bridgehead atoms. The fourth-order valence-electron chi connectivity index (χ4n) is 5.37. The van der Waals surface area contributed by atoms with Crippen LogP contribution >= 0.6 is 0 Å². The molecule has 0 aromatic heterocycles. The molecule has 0 atom stereocenters. The Morgan fingerprint density at radius 1 is 0.975 bits per heavy atom. The van der Waals surface area contributed by atoms with E-state index in [0.29, 0.717) is 36.9 Å². The molecular weight excluding hydrogens is 502 g/mol. The van der Waals surface area contributed by atoms with Crippen molar-refractivity contribution in [3.8, 4) is 11.5 Å². The van der Waals surface area contributed by atoms with Crippen LogP contribution in [0.4, 0.5) is 0 Å². The first-order valence-electron chi connectivity index (χ1n) is 14.9. The summed E-state index contributed by atoms with van der Waals surface area (Å²) in [5, 5.41) is 7.85. The largest absolute Gasteiger partial charge is 0.494 e. The number of unbranched alkanes of at least 4 members (excludes halogenated alkanes) is 3. The number of hydrogen-bond acceptors (Lipinski definition) is 6. The van der Waals surface area contributed by atoms with Crippen molar-refractivity contribution < 1.29 is 23.8 Å². The first-order valence-corrected chi connectivity index (χ1v) is 14.9. The van der Waals surface area contributed by atoms with Gasteiger partial charge in [0.15, 0.2) is 0 Å². The lowest BCUT2D eigenvalue weighted by molar-refractivity contribution is -0.138. The molecule has 1 fully saturated rings. The van der Waals surface area contributed by atoms with Gasteiger partial charge in [0.1, 0.15) is 11.5 Å². The molecule has 6 nitrogen and oxygen atoms in total. The van der Waals surface area contributed by atoms with E-state index in [2.05, 4.69) is 19.6 Å². The van der Waals surface area contributed by atoms with Crippen LogP contribution in [0.15, 0.2) is 55.1 Å². The van der Waals surface area contributed by atoms with Gasteiger partial charge < -0.3 is 19.6 Å². The van der Waals surface area contributed by atoms with Crippen molar-refractivity contribution in [2.45, 2.75) is 89.9 Å². The van der Waals surface area contributed by atoms with Crippen molar-refractivity contribution in [1.82, 2.24) is 0 Å². The van der Waals surface area contributed by atoms with E-state index >= 15 is 0 Å². The molecule has 1 aliphatic rings. The van der Waals surface area contributed by atoms with Gasteiger partial charge >= 0.3 is 11.9 Å². The second kappa shape index (κ2) is 17.3. The van der Waals surface area contributed by atoms with Crippen LogP contribution in [0.1, 0.15) is 100 Å². The maximum absolute atomic E-state index is 12.6. The lowest BCUT2D eigenvalue weighted by Crippen LogP contribution is -2.14. The molecule has 6 heteroatoms. The van der Waals surface area contributed by atoms with E-state index < -0.39 is 0 Å². The fraction of sp³-hybridized carbons (Fsp3) is 0.500. The third kappa shape index (κ3) is 10.6. The summed E-state index contributed by atoms with van der Waals surface area (Å²) >= 11 is 0. The summed E-state index contributed by atoms with van der Waals surface area (Å²) in [4.78, 5) is 23.6. The summed E-state index contributed by atoms with van der Waals surface area (Å²) in [5.74, 6) is 1.99. The van der Waals surface area contributed by atoms with Crippen molar-refractivity contribution in [1.29, 1.82) is 5.41 Å². The van der Waals surface area contributed by atoms with Gasteiger partial charge in [0.25, 0.3) is 0 Å². The van der Waals surface area contributed by atoms with Crippen molar-refractivity contribution >= 4 is 18.2 Å². The van der Waals surface area contributed by atoms with E-state index in [1.165, 1.54) is 56.4 Å². The fourth-order valence-corrected chi connectivity index (χ4v) is 5.37. The molecule has 0 aliphatic heterocycles. The van der Waals surface area contributed by atoms with Crippen LogP contribution in [0.25, 0.3) is 0 Å². The van der Waals surface area contributed by atoms with Gasteiger partial charge in [-0.05, 0) is 105 Å². The number of ether oxygens (including phenoxy) is 3. The zero-order chi connectivity index (χ0) is 28.6. The summed E-state index contributed by atoms with van der Waals surface area (Å²) in [7, 11) is 0.